The minimum absolute atomic E-state index is 0.109. The quantitative estimate of drug-likeness (QED) is 0.317. The maximum absolute atomic E-state index is 12.6. The van der Waals surface area contributed by atoms with Gasteiger partial charge < -0.3 is 20.1 Å². The fraction of sp³-hybridized carbons (Fsp3) is 0.130. The molecule has 0 aliphatic carbocycles. The van der Waals surface area contributed by atoms with Crippen LogP contribution in [0.15, 0.2) is 77.7 Å². The Hall–Kier alpha value is -3.63. The van der Waals surface area contributed by atoms with Gasteiger partial charge in [0, 0.05) is 17.1 Å². The van der Waals surface area contributed by atoms with Crippen molar-refractivity contribution in [1.82, 2.24) is 0 Å². The first kappa shape index (κ1) is 24.0. The lowest BCUT2D eigenvalue weighted by Crippen LogP contribution is -2.19. The van der Waals surface area contributed by atoms with Crippen LogP contribution in [0.2, 0.25) is 0 Å². The normalized spacial score (nSPS) is 10.7. The van der Waals surface area contributed by atoms with Crippen LogP contribution in [0.1, 0.15) is 17.3 Å². The zero-order chi connectivity index (χ0) is 23.8. The summed E-state index contributed by atoms with van der Waals surface area (Å²) in [6.07, 6.45) is 0. The summed E-state index contributed by atoms with van der Waals surface area (Å²) in [7, 11) is -2.21. The van der Waals surface area contributed by atoms with Gasteiger partial charge in [0.15, 0.2) is 5.11 Å². The Bertz CT molecular complexity index is 1210. The number of methoxy groups -OCH3 is 1. The van der Waals surface area contributed by atoms with Gasteiger partial charge in [0.25, 0.3) is 10.0 Å². The van der Waals surface area contributed by atoms with E-state index in [2.05, 4.69) is 15.4 Å². The van der Waals surface area contributed by atoms with Crippen LogP contribution in [0, 0.1) is 0 Å². The van der Waals surface area contributed by atoms with Gasteiger partial charge in [-0.05, 0) is 91.9 Å². The second-order valence-electron chi connectivity index (χ2n) is 6.74. The van der Waals surface area contributed by atoms with Crippen molar-refractivity contribution in [3.05, 3.63) is 78.4 Å². The van der Waals surface area contributed by atoms with Gasteiger partial charge in [-0.1, -0.05) is 0 Å². The number of anilines is 3. The Morgan fingerprint density at radius 2 is 1.36 bits per heavy atom. The molecule has 0 aromatic heterocycles. The second-order valence-corrected chi connectivity index (χ2v) is 8.83. The van der Waals surface area contributed by atoms with E-state index in [-0.39, 0.29) is 10.9 Å². The molecule has 0 spiro atoms. The highest BCUT2D eigenvalue weighted by molar-refractivity contribution is 7.92. The van der Waals surface area contributed by atoms with Gasteiger partial charge in [-0.15, -0.1) is 0 Å². The number of rotatable bonds is 8. The number of carbonyl (C=O) groups excluding carboxylic acids is 1. The number of nitrogens with one attached hydrogen (secondary N) is 3. The Morgan fingerprint density at radius 3 is 1.88 bits per heavy atom. The number of esters is 1. The van der Waals surface area contributed by atoms with E-state index < -0.39 is 10.0 Å². The topological polar surface area (TPSA) is 106 Å². The first-order chi connectivity index (χ1) is 15.8. The molecule has 0 aliphatic rings. The predicted octanol–water partition coefficient (Wildman–Crippen LogP) is 4.48. The smallest absolute Gasteiger partial charge is 0.338 e. The summed E-state index contributed by atoms with van der Waals surface area (Å²) in [5.41, 5.74) is 2.17. The highest BCUT2D eigenvalue weighted by Crippen LogP contribution is 2.21. The molecule has 3 N–H and O–H groups in total. The van der Waals surface area contributed by atoms with Gasteiger partial charge in [0.1, 0.15) is 5.75 Å². The lowest BCUT2D eigenvalue weighted by atomic mass is 10.2. The van der Waals surface area contributed by atoms with E-state index in [1.807, 2.05) is 0 Å². The van der Waals surface area contributed by atoms with Crippen molar-refractivity contribution in [3.63, 3.8) is 0 Å². The molecule has 0 saturated heterocycles. The van der Waals surface area contributed by atoms with Crippen LogP contribution in [-0.4, -0.2) is 33.2 Å². The highest BCUT2D eigenvalue weighted by Gasteiger charge is 2.14. The molecule has 0 saturated carbocycles. The van der Waals surface area contributed by atoms with Gasteiger partial charge in [0.05, 0.1) is 24.2 Å². The molecule has 0 bridgehead atoms. The maximum atomic E-state index is 12.6. The number of carbonyl (C=O) groups is 1. The summed E-state index contributed by atoms with van der Waals surface area (Å²) in [6.45, 7) is 2.06. The van der Waals surface area contributed by atoms with Crippen molar-refractivity contribution in [2.45, 2.75) is 11.8 Å². The Kier molecular flexibility index (Phi) is 7.86. The van der Waals surface area contributed by atoms with Crippen molar-refractivity contribution in [2.75, 3.05) is 29.1 Å². The largest absolute Gasteiger partial charge is 0.497 e. The molecule has 0 atom stereocenters. The molecule has 10 heteroatoms. The lowest BCUT2D eigenvalue weighted by Gasteiger charge is -2.12. The van der Waals surface area contributed by atoms with E-state index in [1.54, 1.807) is 67.6 Å². The van der Waals surface area contributed by atoms with Crippen molar-refractivity contribution in [3.8, 4) is 5.75 Å². The third kappa shape index (κ3) is 6.67. The monoisotopic (exact) mass is 485 g/mol. The van der Waals surface area contributed by atoms with E-state index in [1.165, 1.54) is 19.2 Å². The first-order valence-electron chi connectivity index (χ1n) is 9.93. The average molecular weight is 486 g/mol. The summed E-state index contributed by atoms with van der Waals surface area (Å²) in [5.74, 6) is 0.245. The summed E-state index contributed by atoms with van der Waals surface area (Å²) in [4.78, 5) is 11.8. The summed E-state index contributed by atoms with van der Waals surface area (Å²) < 4.78 is 37.8. The molecule has 3 aromatic carbocycles. The SMILES string of the molecule is CCOC(=O)c1ccc(NC(=S)Nc2ccc(S(=O)(=O)Nc3ccc(OC)cc3)cc2)cc1. The third-order valence-electron chi connectivity index (χ3n) is 4.42. The molecule has 0 fully saturated rings. The van der Waals surface area contributed by atoms with E-state index in [0.29, 0.717) is 40.1 Å². The number of benzene rings is 3. The van der Waals surface area contributed by atoms with E-state index in [9.17, 15) is 13.2 Å². The predicted molar refractivity (Wildman–Crippen MR) is 132 cm³/mol. The molecule has 172 valence electrons. The fourth-order valence-corrected chi connectivity index (χ4v) is 4.08. The molecule has 3 aromatic rings. The first-order valence-corrected chi connectivity index (χ1v) is 11.8. The second kappa shape index (κ2) is 10.8. The van der Waals surface area contributed by atoms with Gasteiger partial charge in [-0.25, -0.2) is 13.2 Å². The van der Waals surface area contributed by atoms with Crippen molar-refractivity contribution in [1.29, 1.82) is 0 Å². The number of hydrogen-bond donors (Lipinski definition) is 3. The average Bonchev–Trinajstić information content (AvgIpc) is 2.80. The van der Waals surface area contributed by atoms with Gasteiger partial charge in [-0.3, -0.25) is 4.72 Å². The Morgan fingerprint density at radius 1 is 0.848 bits per heavy atom. The molecule has 0 amide bonds. The molecule has 33 heavy (non-hydrogen) atoms. The zero-order valence-corrected chi connectivity index (χ0v) is 19.6. The molecular formula is C23H23N3O5S2. The summed E-state index contributed by atoms with van der Waals surface area (Å²) >= 11 is 5.30. The van der Waals surface area contributed by atoms with Crippen LogP contribution in [-0.2, 0) is 14.8 Å². The van der Waals surface area contributed by atoms with Crippen molar-refractivity contribution >= 4 is 50.4 Å². The van der Waals surface area contributed by atoms with Crippen LogP contribution in [0.4, 0.5) is 17.1 Å². The third-order valence-corrected chi connectivity index (χ3v) is 6.02. The summed E-state index contributed by atoms with van der Waals surface area (Å²) in [6, 6.07) is 19.5. The van der Waals surface area contributed by atoms with Crippen LogP contribution in [0.3, 0.4) is 0 Å². The van der Waals surface area contributed by atoms with E-state index in [0.717, 1.165) is 0 Å². The molecular weight excluding hydrogens is 462 g/mol. The standard InChI is InChI=1S/C23H23N3O5S2/c1-3-31-22(27)16-4-6-17(7-5-16)24-23(32)25-18-10-14-21(15-11-18)33(28,29)26-19-8-12-20(30-2)13-9-19/h4-15,26H,3H2,1-2H3,(H2,24,25,32). The van der Waals surface area contributed by atoms with Crippen molar-refractivity contribution in [2.24, 2.45) is 0 Å². The Labute approximate surface area is 198 Å². The van der Waals surface area contributed by atoms with Crippen LogP contribution < -0.4 is 20.1 Å². The molecule has 0 heterocycles. The van der Waals surface area contributed by atoms with Crippen LogP contribution in [0.5, 0.6) is 5.75 Å². The minimum Gasteiger partial charge on any atom is -0.497 e. The van der Waals surface area contributed by atoms with E-state index in [4.69, 9.17) is 21.7 Å². The summed E-state index contributed by atoms with van der Waals surface area (Å²) in [5, 5.41) is 6.30. The number of sulfonamides is 1. The number of ether oxygens (including phenoxy) is 2. The van der Waals surface area contributed by atoms with Crippen LogP contribution >= 0.6 is 12.2 Å². The number of hydrogen-bond acceptors (Lipinski definition) is 6. The molecule has 0 unspecified atom stereocenters. The minimum atomic E-state index is -3.75. The van der Waals surface area contributed by atoms with Crippen molar-refractivity contribution < 1.29 is 22.7 Å². The Balaban J connectivity index is 1.59. The molecule has 8 nitrogen and oxygen atoms in total. The van der Waals surface area contributed by atoms with Gasteiger partial charge in [0.2, 0.25) is 0 Å². The molecule has 0 radical (unpaired) electrons. The fourth-order valence-electron chi connectivity index (χ4n) is 2.79. The molecule has 3 rings (SSSR count). The van der Waals surface area contributed by atoms with Gasteiger partial charge >= 0.3 is 5.97 Å². The number of thiocarbonyl (C=S) groups is 1. The van der Waals surface area contributed by atoms with E-state index >= 15 is 0 Å². The van der Waals surface area contributed by atoms with Gasteiger partial charge in [-0.2, -0.15) is 0 Å². The zero-order valence-electron chi connectivity index (χ0n) is 18.0. The van der Waals surface area contributed by atoms with Crippen LogP contribution in [0.25, 0.3) is 0 Å². The molecule has 0 aliphatic heterocycles. The lowest BCUT2D eigenvalue weighted by molar-refractivity contribution is 0.0526. The highest BCUT2D eigenvalue weighted by atomic mass is 32.2. The maximum Gasteiger partial charge on any atom is 0.338 e.